The predicted molar refractivity (Wildman–Crippen MR) is 111 cm³/mol. The second kappa shape index (κ2) is 8.04. The summed E-state index contributed by atoms with van der Waals surface area (Å²) < 4.78 is 33.8. The van der Waals surface area contributed by atoms with E-state index in [1.54, 1.807) is 41.3 Å². The number of sulfonamides is 1. The molecule has 0 radical (unpaired) electrons. The number of amides is 1. The van der Waals surface area contributed by atoms with Gasteiger partial charge in [-0.05, 0) is 24.7 Å². The van der Waals surface area contributed by atoms with Crippen LogP contribution in [-0.4, -0.2) is 70.0 Å². The van der Waals surface area contributed by atoms with Crippen molar-refractivity contribution in [3.05, 3.63) is 60.2 Å². The third-order valence-corrected chi connectivity index (χ3v) is 7.07. The van der Waals surface area contributed by atoms with Crippen LogP contribution >= 0.6 is 0 Å². The Morgan fingerprint density at radius 2 is 1.66 bits per heavy atom. The van der Waals surface area contributed by atoms with Crippen LogP contribution in [0.25, 0.3) is 0 Å². The van der Waals surface area contributed by atoms with Crippen LogP contribution in [0.2, 0.25) is 0 Å². The topological polar surface area (TPSA) is 70.2 Å². The highest BCUT2D eigenvalue weighted by Gasteiger charge is 2.38. The molecule has 0 aromatic heterocycles. The Labute approximate surface area is 171 Å². The number of para-hydroxylation sites is 2. The Morgan fingerprint density at radius 1 is 1.00 bits per heavy atom. The molecular weight excluding hydrogens is 390 g/mol. The number of carbonyl (C=O) groups is 1. The van der Waals surface area contributed by atoms with E-state index < -0.39 is 16.1 Å². The number of rotatable bonds is 4. The van der Waals surface area contributed by atoms with Gasteiger partial charge in [0.15, 0.2) is 6.10 Å². The molecule has 1 atom stereocenters. The summed E-state index contributed by atoms with van der Waals surface area (Å²) in [5.74, 6) is 0.132. The maximum Gasteiger partial charge on any atom is 0.265 e. The molecule has 1 saturated heterocycles. The van der Waals surface area contributed by atoms with Crippen molar-refractivity contribution >= 4 is 21.6 Å². The lowest BCUT2D eigenvalue weighted by Gasteiger charge is -2.39. The summed E-state index contributed by atoms with van der Waals surface area (Å²) in [5, 5.41) is 0. The van der Waals surface area contributed by atoms with Gasteiger partial charge in [0.25, 0.3) is 5.91 Å². The Bertz CT molecular complexity index is 972. The number of hydrogen-bond donors (Lipinski definition) is 0. The largest absolute Gasteiger partial charge is 0.476 e. The zero-order valence-corrected chi connectivity index (χ0v) is 17.2. The van der Waals surface area contributed by atoms with Crippen LogP contribution in [0.15, 0.2) is 54.6 Å². The molecule has 0 bridgehead atoms. The Balaban J connectivity index is 1.60. The fourth-order valence-corrected chi connectivity index (χ4v) is 5.27. The molecule has 2 aromatic carbocycles. The smallest absolute Gasteiger partial charge is 0.265 e. The van der Waals surface area contributed by atoms with Gasteiger partial charge in [0, 0.05) is 26.2 Å². The average molecular weight is 416 g/mol. The lowest BCUT2D eigenvalue weighted by molar-refractivity contribution is -0.140. The van der Waals surface area contributed by atoms with Gasteiger partial charge in [0.05, 0.1) is 18.0 Å². The van der Waals surface area contributed by atoms with Gasteiger partial charge < -0.3 is 14.5 Å². The van der Waals surface area contributed by atoms with E-state index >= 15 is 0 Å². The van der Waals surface area contributed by atoms with E-state index in [2.05, 4.69) is 4.90 Å². The maximum absolute atomic E-state index is 13.2. The minimum absolute atomic E-state index is 0.0165. The van der Waals surface area contributed by atoms with Gasteiger partial charge in [-0.25, -0.2) is 8.42 Å². The molecule has 0 spiro atoms. The fraction of sp³-hybridized carbons (Fsp3) is 0.381. The standard InChI is InChI=1S/C21H25N3O4S/c1-22-11-13-23(14-12-22)21(25)20-15-24(18-9-5-6-10-19(18)28-20)29(26,27)16-17-7-3-2-4-8-17/h2-10,20H,11-16H2,1H3/t20-/m1/s1. The molecule has 0 N–H and O–H groups in total. The molecule has 2 heterocycles. The van der Waals surface area contributed by atoms with E-state index in [0.717, 1.165) is 13.1 Å². The first kappa shape index (κ1) is 19.7. The van der Waals surface area contributed by atoms with Gasteiger partial charge >= 0.3 is 0 Å². The number of ether oxygens (including phenoxy) is 1. The van der Waals surface area contributed by atoms with Gasteiger partial charge in [0.1, 0.15) is 5.75 Å². The molecule has 8 heteroatoms. The summed E-state index contributed by atoms with van der Waals surface area (Å²) in [5.41, 5.74) is 1.18. The van der Waals surface area contributed by atoms with Gasteiger partial charge in [-0.2, -0.15) is 0 Å². The highest BCUT2D eigenvalue weighted by atomic mass is 32.2. The maximum atomic E-state index is 13.2. The van der Waals surface area contributed by atoms with Crippen LogP contribution in [0.5, 0.6) is 5.75 Å². The number of likely N-dealkylation sites (N-methyl/N-ethyl adjacent to an activating group) is 1. The first-order chi connectivity index (χ1) is 13.9. The summed E-state index contributed by atoms with van der Waals surface area (Å²) >= 11 is 0. The lowest BCUT2D eigenvalue weighted by Crippen LogP contribution is -2.55. The average Bonchev–Trinajstić information content (AvgIpc) is 2.73. The van der Waals surface area contributed by atoms with E-state index in [4.69, 9.17) is 4.74 Å². The van der Waals surface area contributed by atoms with Crippen LogP contribution in [0, 0.1) is 0 Å². The summed E-state index contributed by atoms with van der Waals surface area (Å²) in [6.45, 7) is 2.81. The lowest BCUT2D eigenvalue weighted by atomic mass is 10.2. The van der Waals surface area contributed by atoms with Crippen molar-refractivity contribution in [2.75, 3.05) is 44.1 Å². The number of benzene rings is 2. The van der Waals surface area contributed by atoms with Crippen molar-refractivity contribution in [3.8, 4) is 5.75 Å². The third kappa shape index (κ3) is 4.23. The molecule has 2 aliphatic rings. The monoisotopic (exact) mass is 415 g/mol. The molecular formula is C21H25N3O4S. The highest BCUT2D eigenvalue weighted by molar-refractivity contribution is 7.92. The molecule has 0 saturated carbocycles. The number of carbonyl (C=O) groups excluding carboxylic acids is 1. The third-order valence-electron chi connectivity index (χ3n) is 5.35. The van der Waals surface area contributed by atoms with Crippen LogP contribution in [0.4, 0.5) is 5.69 Å². The van der Waals surface area contributed by atoms with Crippen molar-refractivity contribution in [2.24, 2.45) is 0 Å². The Hall–Kier alpha value is -2.58. The van der Waals surface area contributed by atoms with E-state index in [-0.39, 0.29) is 18.2 Å². The van der Waals surface area contributed by atoms with Crippen LogP contribution < -0.4 is 9.04 Å². The van der Waals surface area contributed by atoms with Crippen molar-refractivity contribution in [3.63, 3.8) is 0 Å². The zero-order valence-electron chi connectivity index (χ0n) is 16.4. The molecule has 29 heavy (non-hydrogen) atoms. The van der Waals surface area contributed by atoms with E-state index in [0.29, 0.717) is 30.1 Å². The fourth-order valence-electron chi connectivity index (χ4n) is 3.69. The number of piperazine rings is 1. The quantitative estimate of drug-likeness (QED) is 0.758. The van der Waals surface area contributed by atoms with E-state index in [1.807, 2.05) is 25.2 Å². The summed E-state index contributed by atoms with van der Waals surface area (Å²) in [4.78, 5) is 17.0. The molecule has 0 aliphatic carbocycles. The SMILES string of the molecule is CN1CCN(C(=O)[C@H]2CN(S(=O)(=O)Cc3ccccc3)c3ccccc3O2)CC1. The van der Waals surface area contributed by atoms with Gasteiger partial charge in [-0.3, -0.25) is 9.10 Å². The van der Waals surface area contributed by atoms with Gasteiger partial charge in [-0.1, -0.05) is 42.5 Å². The van der Waals surface area contributed by atoms with Crippen molar-refractivity contribution in [2.45, 2.75) is 11.9 Å². The molecule has 2 aromatic rings. The van der Waals surface area contributed by atoms with Gasteiger partial charge in [-0.15, -0.1) is 0 Å². The van der Waals surface area contributed by atoms with Crippen molar-refractivity contribution < 1.29 is 17.9 Å². The Kier molecular flexibility index (Phi) is 5.47. The normalized spacial score (nSPS) is 20.1. The second-order valence-electron chi connectivity index (χ2n) is 7.48. The Morgan fingerprint density at radius 3 is 2.38 bits per heavy atom. The zero-order chi connectivity index (χ0) is 20.4. The number of nitrogens with zero attached hydrogens (tertiary/aromatic N) is 3. The highest BCUT2D eigenvalue weighted by Crippen LogP contribution is 2.36. The first-order valence-corrected chi connectivity index (χ1v) is 11.3. The van der Waals surface area contributed by atoms with E-state index in [1.165, 1.54) is 4.31 Å². The molecule has 154 valence electrons. The number of hydrogen-bond acceptors (Lipinski definition) is 5. The number of anilines is 1. The van der Waals surface area contributed by atoms with Crippen molar-refractivity contribution in [1.29, 1.82) is 0 Å². The van der Waals surface area contributed by atoms with Crippen LogP contribution in [0.1, 0.15) is 5.56 Å². The van der Waals surface area contributed by atoms with Crippen LogP contribution in [-0.2, 0) is 20.6 Å². The summed E-state index contributed by atoms with van der Waals surface area (Å²) in [6, 6.07) is 16.0. The molecule has 0 unspecified atom stereocenters. The van der Waals surface area contributed by atoms with Gasteiger partial charge in [0.2, 0.25) is 10.0 Å². The van der Waals surface area contributed by atoms with Crippen LogP contribution in [0.3, 0.4) is 0 Å². The minimum Gasteiger partial charge on any atom is -0.476 e. The molecule has 7 nitrogen and oxygen atoms in total. The minimum atomic E-state index is -3.68. The van der Waals surface area contributed by atoms with E-state index in [9.17, 15) is 13.2 Å². The summed E-state index contributed by atoms with van der Waals surface area (Å²) in [6.07, 6.45) is -0.848. The van der Waals surface area contributed by atoms with Crippen molar-refractivity contribution in [1.82, 2.24) is 9.80 Å². The summed E-state index contributed by atoms with van der Waals surface area (Å²) in [7, 11) is -1.66. The molecule has 1 fully saturated rings. The first-order valence-electron chi connectivity index (χ1n) is 9.71. The molecule has 2 aliphatic heterocycles. The molecule has 1 amide bonds. The molecule has 4 rings (SSSR count). The predicted octanol–water partition coefficient (Wildman–Crippen LogP) is 1.56. The number of fused-ring (bicyclic) bond motifs is 1. The second-order valence-corrected chi connectivity index (χ2v) is 9.37.